The van der Waals surface area contributed by atoms with Gasteiger partial charge in [0.2, 0.25) is 0 Å². The van der Waals surface area contributed by atoms with Crippen molar-refractivity contribution in [1.29, 1.82) is 0 Å². The molecule has 5 nitrogen and oxygen atoms in total. The van der Waals surface area contributed by atoms with Crippen LogP contribution in [0.1, 0.15) is 34.5 Å². The van der Waals surface area contributed by atoms with E-state index in [0.717, 1.165) is 63.4 Å². The summed E-state index contributed by atoms with van der Waals surface area (Å²) in [6.07, 6.45) is 4.81. The first-order chi connectivity index (χ1) is 15.1. The van der Waals surface area contributed by atoms with Crippen molar-refractivity contribution >= 4 is 5.91 Å². The van der Waals surface area contributed by atoms with Gasteiger partial charge < -0.3 is 9.80 Å². The van der Waals surface area contributed by atoms with Crippen molar-refractivity contribution in [1.82, 2.24) is 19.6 Å². The van der Waals surface area contributed by atoms with Gasteiger partial charge in [-0.1, -0.05) is 30.3 Å². The number of aromatic nitrogens is 2. The topological polar surface area (TPSA) is 41.4 Å². The second-order valence-corrected chi connectivity index (χ2v) is 8.11. The number of carbonyl (C=O) groups is 1. The number of nitrogens with zero attached hydrogens (tertiary/aromatic N) is 4. The van der Waals surface area contributed by atoms with Gasteiger partial charge in [0.1, 0.15) is 5.82 Å². The Morgan fingerprint density at radius 2 is 1.77 bits per heavy atom. The lowest BCUT2D eigenvalue weighted by atomic mass is 10.1. The summed E-state index contributed by atoms with van der Waals surface area (Å²) in [5, 5.41) is 4.38. The normalized spacial score (nSPS) is 15.1. The van der Waals surface area contributed by atoms with E-state index in [0.29, 0.717) is 5.56 Å². The molecule has 1 amide bonds. The average Bonchev–Trinajstić information content (AvgIpc) is 3.01. The fraction of sp³-hybridized carbons (Fsp3) is 0.360. The zero-order valence-corrected chi connectivity index (χ0v) is 18.0. The van der Waals surface area contributed by atoms with Crippen molar-refractivity contribution in [2.45, 2.75) is 26.2 Å². The van der Waals surface area contributed by atoms with Gasteiger partial charge in [0, 0.05) is 19.6 Å². The van der Waals surface area contributed by atoms with Crippen LogP contribution in [0, 0.1) is 12.7 Å². The molecule has 2 aromatic carbocycles. The molecular weight excluding hydrogens is 391 g/mol. The highest BCUT2D eigenvalue weighted by Crippen LogP contribution is 2.17. The van der Waals surface area contributed by atoms with E-state index in [1.165, 1.54) is 17.7 Å². The largest absolute Gasteiger partial charge is 0.337 e. The van der Waals surface area contributed by atoms with Gasteiger partial charge in [-0.2, -0.15) is 5.10 Å². The molecule has 1 fully saturated rings. The van der Waals surface area contributed by atoms with Gasteiger partial charge in [0.25, 0.3) is 5.91 Å². The summed E-state index contributed by atoms with van der Waals surface area (Å²) < 4.78 is 14.9. The van der Waals surface area contributed by atoms with E-state index in [1.54, 1.807) is 23.0 Å². The van der Waals surface area contributed by atoms with Crippen LogP contribution in [-0.4, -0.2) is 58.2 Å². The molecule has 6 heteroatoms. The molecule has 0 radical (unpaired) electrons. The SMILES string of the molecule is Cc1c(C(=O)N2CCCN(CCCc3ccccc3)CC2)cnn1-c1ccc(F)cc1. The molecule has 0 atom stereocenters. The average molecular weight is 421 g/mol. The molecule has 1 aliphatic heterocycles. The summed E-state index contributed by atoms with van der Waals surface area (Å²) >= 11 is 0. The smallest absolute Gasteiger partial charge is 0.257 e. The number of aryl methyl sites for hydroxylation is 1. The van der Waals surface area contributed by atoms with Crippen LogP contribution >= 0.6 is 0 Å². The van der Waals surface area contributed by atoms with Gasteiger partial charge in [0.05, 0.1) is 23.1 Å². The highest BCUT2D eigenvalue weighted by molar-refractivity contribution is 5.95. The number of benzene rings is 2. The molecule has 0 N–H and O–H groups in total. The fourth-order valence-electron chi connectivity index (χ4n) is 4.18. The van der Waals surface area contributed by atoms with Crippen LogP contribution in [0.25, 0.3) is 5.69 Å². The molecule has 0 aliphatic carbocycles. The zero-order chi connectivity index (χ0) is 21.6. The quantitative estimate of drug-likeness (QED) is 0.603. The van der Waals surface area contributed by atoms with E-state index in [9.17, 15) is 9.18 Å². The molecule has 0 unspecified atom stereocenters. The number of amides is 1. The highest BCUT2D eigenvalue weighted by atomic mass is 19.1. The van der Waals surface area contributed by atoms with Gasteiger partial charge in [-0.05, 0) is 69.1 Å². The maximum Gasteiger partial charge on any atom is 0.257 e. The Morgan fingerprint density at radius 3 is 2.55 bits per heavy atom. The molecule has 1 aliphatic rings. The van der Waals surface area contributed by atoms with Crippen molar-refractivity contribution in [3.05, 3.63) is 83.4 Å². The van der Waals surface area contributed by atoms with E-state index in [4.69, 9.17) is 0 Å². The number of hydrogen-bond acceptors (Lipinski definition) is 3. The summed E-state index contributed by atoms with van der Waals surface area (Å²) in [4.78, 5) is 17.6. The Labute approximate surface area is 183 Å². The molecular formula is C25H29FN4O. The van der Waals surface area contributed by atoms with Gasteiger partial charge >= 0.3 is 0 Å². The van der Waals surface area contributed by atoms with E-state index >= 15 is 0 Å². The molecule has 162 valence electrons. The second kappa shape index (κ2) is 9.88. The Balaban J connectivity index is 1.34. The third-order valence-electron chi connectivity index (χ3n) is 5.97. The predicted molar refractivity (Wildman–Crippen MR) is 120 cm³/mol. The zero-order valence-electron chi connectivity index (χ0n) is 18.0. The minimum absolute atomic E-state index is 0.0250. The van der Waals surface area contributed by atoms with Crippen molar-refractivity contribution < 1.29 is 9.18 Å². The lowest BCUT2D eigenvalue weighted by Crippen LogP contribution is -2.35. The number of halogens is 1. The number of rotatable bonds is 6. The van der Waals surface area contributed by atoms with Crippen LogP contribution in [0.2, 0.25) is 0 Å². The summed E-state index contributed by atoms with van der Waals surface area (Å²) in [6, 6.07) is 16.7. The first-order valence-corrected chi connectivity index (χ1v) is 11.0. The van der Waals surface area contributed by atoms with E-state index in [2.05, 4.69) is 40.3 Å². The van der Waals surface area contributed by atoms with Crippen molar-refractivity contribution in [2.75, 3.05) is 32.7 Å². The maximum absolute atomic E-state index is 13.2. The summed E-state index contributed by atoms with van der Waals surface area (Å²) in [5.41, 5.74) is 3.52. The first-order valence-electron chi connectivity index (χ1n) is 11.0. The number of hydrogen-bond donors (Lipinski definition) is 0. The van der Waals surface area contributed by atoms with Crippen LogP contribution in [0.4, 0.5) is 4.39 Å². The van der Waals surface area contributed by atoms with Crippen LogP contribution in [0.3, 0.4) is 0 Å². The Kier molecular flexibility index (Phi) is 6.77. The standard InChI is InChI=1S/C25H29FN4O/c1-20-24(19-27-30(20)23-12-10-22(26)11-13-23)25(31)29-16-6-15-28(17-18-29)14-5-9-21-7-3-2-4-8-21/h2-4,7-8,10-13,19H,5-6,9,14-18H2,1H3. The third-order valence-corrected chi connectivity index (χ3v) is 5.97. The third kappa shape index (κ3) is 5.20. The minimum atomic E-state index is -0.289. The minimum Gasteiger partial charge on any atom is -0.337 e. The van der Waals surface area contributed by atoms with E-state index < -0.39 is 0 Å². The highest BCUT2D eigenvalue weighted by Gasteiger charge is 2.23. The van der Waals surface area contributed by atoms with Crippen LogP contribution in [0.5, 0.6) is 0 Å². The Bertz CT molecular complexity index is 1000. The van der Waals surface area contributed by atoms with Crippen LogP contribution < -0.4 is 0 Å². The molecule has 1 saturated heterocycles. The molecule has 0 bridgehead atoms. The molecule has 3 aromatic rings. The van der Waals surface area contributed by atoms with Gasteiger partial charge in [0.15, 0.2) is 0 Å². The monoisotopic (exact) mass is 420 g/mol. The van der Waals surface area contributed by atoms with E-state index in [1.807, 2.05) is 11.8 Å². The van der Waals surface area contributed by atoms with Crippen molar-refractivity contribution in [3.8, 4) is 5.69 Å². The fourth-order valence-corrected chi connectivity index (χ4v) is 4.18. The Morgan fingerprint density at radius 1 is 1.00 bits per heavy atom. The molecule has 1 aromatic heterocycles. The molecule has 4 rings (SSSR count). The first kappa shape index (κ1) is 21.2. The van der Waals surface area contributed by atoms with Crippen molar-refractivity contribution in [2.24, 2.45) is 0 Å². The van der Waals surface area contributed by atoms with Gasteiger partial charge in [-0.15, -0.1) is 0 Å². The van der Waals surface area contributed by atoms with Gasteiger partial charge in [-0.25, -0.2) is 9.07 Å². The van der Waals surface area contributed by atoms with Crippen LogP contribution in [0.15, 0.2) is 60.8 Å². The maximum atomic E-state index is 13.2. The van der Waals surface area contributed by atoms with Crippen LogP contribution in [-0.2, 0) is 6.42 Å². The lowest BCUT2D eigenvalue weighted by molar-refractivity contribution is 0.0760. The lowest BCUT2D eigenvalue weighted by Gasteiger charge is -2.22. The van der Waals surface area contributed by atoms with Crippen molar-refractivity contribution in [3.63, 3.8) is 0 Å². The van der Waals surface area contributed by atoms with Gasteiger partial charge in [-0.3, -0.25) is 4.79 Å². The summed E-state index contributed by atoms with van der Waals surface area (Å²) in [6.45, 7) is 6.34. The second-order valence-electron chi connectivity index (χ2n) is 8.11. The molecule has 2 heterocycles. The Hall–Kier alpha value is -2.99. The van der Waals surface area contributed by atoms with E-state index in [-0.39, 0.29) is 11.7 Å². The summed E-state index contributed by atoms with van der Waals surface area (Å²) in [5.74, 6) is -0.264. The predicted octanol–water partition coefficient (Wildman–Crippen LogP) is 4.10. The summed E-state index contributed by atoms with van der Waals surface area (Å²) in [7, 11) is 0. The molecule has 0 spiro atoms. The molecule has 0 saturated carbocycles. The number of carbonyl (C=O) groups excluding carboxylic acids is 1. The molecule has 31 heavy (non-hydrogen) atoms.